The molecule has 0 saturated heterocycles. The zero-order chi connectivity index (χ0) is 14.3. The lowest BCUT2D eigenvalue weighted by atomic mass is 10.2. The van der Waals surface area contributed by atoms with Crippen molar-refractivity contribution < 1.29 is 4.92 Å². The van der Waals surface area contributed by atoms with E-state index in [2.05, 4.69) is 5.10 Å². The Morgan fingerprint density at radius 2 is 1.68 bits per heavy atom. The normalized spacial score (nSPS) is 9.89. The Kier molecular flexibility index (Phi) is 5.73. The number of aryl methyl sites for hydroxylation is 1. The van der Waals surface area contributed by atoms with Crippen molar-refractivity contribution in [2.24, 2.45) is 0 Å². The minimum absolute atomic E-state index is 0.0174. The molecule has 0 aliphatic carbocycles. The van der Waals surface area contributed by atoms with Gasteiger partial charge in [-0.05, 0) is 25.2 Å². The van der Waals surface area contributed by atoms with Gasteiger partial charge in [-0.2, -0.15) is 4.68 Å². The van der Waals surface area contributed by atoms with Crippen LogP contribution in [0.25, 0.3) is 0 Å². The third-order valence-electron chi connectivity index (χ3n) is 2.54. The molecule has 0 radical (unpaired) electrons. The van der Waals surface area contributed by atoms with Crippen LogP contribution in [0.1, 0.15) is 32.4 Å². The zero-order valence-corrected chi connectivity index (χ0v) is 11.5. The van der Waals surface area contributed by atoms with Gasteiger partial charge in [0.05, 0.1) is 22.9 Å². The lowest BCUT2D eigenvalue weighted by Gasteiger charge is -1.96. The first-order chi connectivity index (χ1) is 9.06. The molecular weight excluding hydrogens is 242 g/mol. The van der Waals surface area contributed by atoms with E-state index in [-0.39, 0.29) is 11.9 Å². The van der Waals surface area contributed by atoms with Crippen LogP contribution in [0, 0.1) is 10.1 Å². The summed E-state index contributed by atoms with van der Waals surface area (Å²) in [6.07, 6.45) is 2.38. The molecule has 0 atom stereocenters. The van der Waals surface area contributed by atoms with Crippen LogP contribution in [0.5, 0.6) is 0 Å². The zero-order valence-electron chi connectivity index (χ0n) is 11.5. The minimum Gasteiger partial charge on any atom is -0.358 e. The second-order valence-electron chi connectivity index (χ2n) is 4.32. The maximum atomic E-state index is 10.5. The van der Waals surface area contributed by atoms with Gasteiger partial charge in [-0.1, -0.05) is 43.3 Å². The molecule has 19 heavy (non-hydrogen) atoms. The lowest BCUT2D eigenvalue weighted by molar-refractivity contribution is -0.390. The molecule has 1 aromatic carbocycles. The number of rotatable bonds is 3. The Morgan fingerprint density at radius 1 is 1.21 bits per heavy atom. The Bertz CT molecular complexity index is 480. The van der Waals surface area contributed by atoms with Crippen molar-refractivity contribution in [3.8, 4) is 0 Å². The smallest absolute Gasteiger partial charge is 0.358 e. The number of nitrogens with zero attached hydrogens (tertiary/aromatic N) is 3. The van der Waals surface area contributed by atoms with Gasteiger partial charge in [0.15, 0.2) is 0 Å². The number of benzene rings is 1. The van der Waals surface area contributed by atoms with Crippen LogP contribution in [0.2, 0.25) is 0 Å². The second-order valence-corrected chi connectivity index (χ2v) is 4.32. The number of hydrogen-bond donors (Lipinski definition) is 0. The van der Waals surface area contributed by atoms with Gasteiger partial charge < -0.3 is 10.1 Å². The highest BCUT2D eigenvalue weighted by molar-refractivity contribution is 5.29. The van der Waals surface area contributed by atoms with Gasteiger partial charge in [0.1, 0.15) is 0 Å². The molecule has 0 N–H and O–H groups in total. The molecule has 0 amide bonds. The molecule has 102 valence electrons. The van der Waals surface area contributed by atoms with Gasteiger partial charge in [0.25, 0.3) is 0 Å². The highest BCUT2D eigenvalue weighted by Crippen LogP contribution is 2.18. The molecular formula is C14H19N3O2. The molecule has 5 nitrogen and oxygen atoms in total. The highest BCUT2D eigenvalue weighted by atomic mass is 16.6. The fraction of sp³-hybridized carbons (Fsp3) is 0.357. The van der Waals surface area contributed by atoms with Crippen molar-refractivity contribution in [3.63, 3.8) is 0 Å². The lowest BCUT2D eigenvalue weighted by Crippen LogP contribution is -2.01. The van der Waals surface area contributed by atoms with E-state index < -0.39 is 4.92 Å². The number of aromatic nitrogens is 2. The third-order valence-corrected chi connectivity index (χ3v) is 2.54. The first kappa shape index (κ1) is 14.9. The maximum Gasteiger partial charge on any atom is 0.393 e. The van der Waals surface area contributed by atoms with Gasteiger partial charge in [0.2, 0.25) is 0 Å². The minimum atomic E-state index is -0.433. The van der Waals surface area contributed by atoms with E-state index >= 15 is 0 Å². The summed E-state index contributed by atoms with van der Waals surface area (Å²) < 4.78 is 1.62. The molecule has 2 aromatic rings. The van der Waals surface area contributed by atoms with Gasteiger partial charge in [-0.15, -0.1) is 0 Å². The summed E-state index contributed by atoms with van der Waals surface area (Å²) in [6, 6.07) is 12.2. The largest absolute Gasteiger partial charge is 0.393 e. The first-order valence-electron chi connectivity index (χ1n) is 6.28. The predicted octanol–water partition coefficient (Wildman–Crippen LogP) is 3.62. The second kappa shape index (κ2) is 7.31. The SMILES string of the molecule is CCc1cn(C(C)C)nc1[N+](=O)[O-].c1ccccc1. The van der Waals surface area contributed by atoms with E-state index in [0.717, 1.165) is 0 Å². The molecule has 2 rings (SSSR count). The molecule has 0 bridgehead atoms. The Hall–Kier alpha value is -2.17. The van der Waals surface area contributed by atoms with Crippen LogP contribution in [-0.2, 0) is 6.42 Å². The van der Waals surface area contributed by atoms with Gasteiger partial charge in [0, 0.05) is 0 Å². The summed E-state index contributed by atoms with van der Waals surface area (Å²) in [6.45, 7) is 5.76. The van der Waals surface area contributed by atoms with E-state index in [1.165, 1.54) is 0 Å². The van der Waals surface area contributed by atoms with Crippen LogP contribution in [0.3, 0.4) is 0 Å². The standard InChI is InChI=1S/C8H13N3O2.C6H6/c1-4-7-5-10(6(2)3)9-8(7)11(12)13;1-2-4-6-5-3-1/h5-6H,4H2,1-3H3;1-6H. The maximum absolute atomic E-state index is 10.5. The van der Waals surface area contributed by atoms with Crippen LogP contribution in [0.15, 0.2) is 42.6 Å². The van der Waals surface area contributed by atoms with Crippen LogP contribution in [-0.4, -0.2) is 14.7 Å². The van der Waals surface area contributed by atoms with Crippen LogP contribution in [0.4, 0.5) is 5.82 Å². The summed E-state index contributed by atoms with van der Waals surface area (Å²) >= 11 is 0. The number of nitro groups is 1. The van der Waals surface area contributed by atoms with E-state index in [4.69, 9.17) is 0 Å². The third kappa shape index (κ3) is 4.54. The van der Waals surface area contributed by atoms with Crippen molar-refractivity contribution in [1.82, 2.24) is 9.78 Å². The number of hydrogen-bond acceptors (Lipinski definition) is 3. The highest BCUT2D eigenvalue weighted by Gasteiger charge is 2.19. The quantitative estimate of drug-likeness (QED) is 0.626. The molecule has 0 fully saturated rings. The summed E-state index contributed by atoms with van der Waals surface area (Å²) in [5.74, 6) is -0.0174. The van der Waals surface area contributed by atoms with Gasteiger partial charge in [-0.3, -0.25) is 0 Å². The molecule has 1 aromatic heterocycles. The summed E-state index contributed by atoms with van der Waals surface area (Å²) in [4.78, 5) is 10.1. The molecule has 0 saturated carbocycles. The summed E-state index contributed by atoms with van der Waals surface area (Å²) in [7, 11) is 0. The summed E-state index contributed by atoms with van der Waals surface area (Å²) in [5.41, 5.74) is 0.693. The molecule has 0 spiro atoms. The van der Waals surface area contributed by atoms with Crippen molar-refractivity contribution in [2.45, 2.75) is 33.2 Å². The summed E-state index contributed by atoms with van der Waals surface area (Å²) in [5, 5.41) is 14.4. The average Bonchev–Trinajstić information content (AvgIpc) is 2.86. The fourth-order valence-corrected chi connectivity index (χ4v) is 1.47. The Balaban J connectivity index is 0.000000250. The molecule has 0 unspecified atom stereocenters. The van der Waals surface area contributed by atoms with Crippen LogP contribution >= 0.6 is 0 Å². The predicted molar refractivity (Wildman–Crippen MR) is 75.1 cm³/mol. The molecule has 0 aliphatic rings. The van der Waals surface area contributed by atoms with Gasteiger partial charge >= 0.3 is 5.82 Å². The Labute approximate surface area is 113 Å². The van der Waals surface area contributed by atoms with E-state index in [9.17, 15) is 10.1 Å². The monoisotopic (exact) mass is 261 g/mol. The molecule has 5 heteroatoms. The molecule has 1 heterocycles. The van der Waals surface area contributed by atoms with Crippen molar-refractivity contribution >= 4 is 5.82 Å². The van der Waals surface area contributed by atoms with Crippen LogP contribution < -0.4 is 0 Å². The van der Waals surface area contributed by atoms with E-state index in [0.29, 0.717) is 12.0 Å². The van der Waals surface area contributed by atoms with Gasteiger partial charge in [-0.25, -0.2) is 0 Å². The van der Waals surface area contributed by atoms with Crippen molar-refractivity contribution in [2.75, 3.05) is 0 Å². The van der Waals surface area contributed by atoms with Crippen molar-refractivity contribution in [1.29, 1.82) is 0 Å². The Morgan fingerprint density at radius 3 is 1.95 bits per heavy atom. The molecule has 0 aliphatic heterocycles. The fourth-order valence-electron chi connectivity index (χ4n) is 1.47. The average molecular weight is 261 g/mol. The van der Waals surface area contributed by atoms with Crippen molar-refractivity contribution in [3.05, 3.63) is 58.3 Å². The van der Waals surface area contributed by atoms with E-state index in [1.807, 2.05) is 57.2 Å². The first-order valence-corrected chi connectivity index (χ1v) is 6.28. The topological polar surface area (TPSA) is 61.0 Å². The van der Waals surface area contributed by atoms with E-state index in [1.54, 1.807) is 10.9 Å².